The van der Waals surface area contributed by atoms with Gasteiger partial charge in [0.2, 0.25) is 0 Å². The van der Waals surface area contributed by atoms with E-state index in [0.717, 1.165) is 28.4 Å². The lowest BCUT2D eigenvalue weighted by Crippen LogP contribution is -2.04. The van der Waals surface area contributed by atoms with Crippen LogP contribution in [-0.4, -0.2) is 0 Å². The number of nitrogens with one attached hydrogen (secondary N) is 1. The molecule has 1 heterocycles. The number of aryl methyl sites for hydroxylation is 1. The minimum atomic E-state index is 0.870. The summed E-state index contributed by atoms with van der Waals surface area (Å²) in [6, 6.07) is 22.7. The molecule has 2 nitrogen and oxygen atoms in total. The molecule has 1 N–H and O–H groups in total. The first-order valence-corrected chi connectivity index (χ1v) is 7.05. The second-order valence-corrected chi connectivity index (χ2v) is 5.25. The number of ether oxygens (including phenoxy) is 1. The fourth-order valence-corrected chi connectivity index (χ4v) is 2.66. The maximum absolute atomic E-state index is 6.06. The van der Waals surface area contributed by atoms with Gasteiger partial charge in [0.25, 0.3) is 0 Å². The smallest absolute Gasteiger partial charge is 0.151 e. The summed E-state index contributed by atoms with van der Waals surface area (Å²) in [7, 11) is 0. The summed E-state index contributed by atoms with van der Waals surface area (Å²) in [5, 5.41) is 3.46. The SMILES string of the molecule is Cc1cccc2c1Nc1ccc(-c3ccccc3)cc1O2. The number of anilines is 2. The van der Waals surface area contributed by atoms with Gasteiger partial charge in [-0.25, -0.2) is 0 Å². The zero-order chi connectivity index (χ0) is 14.2. The van der Waals surface area contributed by atoms with E-state index in [1.807, 2.05) is 30.3 Å². The van der Waals surface area contributed by atoms with E-state index >= 15 is 0 Å². The summed E-state index contributed by atoms with van der Waals surface area (Å²) in [6.45, 7) is 2.08. The fourth-order valence-electron chi connectivity index (χ4n) is 2.66. The molecule has 0 fully saturated rings. The quantitative estimate of drug-likeness (QED) is 0.493. The number of hydrogen-bond acceptors (Lipinski definition) is 2. The lowest BCUT2D eigenvalue weighted by molar-refractivity contribution is 0.481. The third kappa shape index (κ3) is 2.05. The van der Waals surface area contributed by atoms with Gasteiger partial charge in [-0.1, -0.05) is 48.5 Å². The highest BCUT2D eigenvalue weighted by Crippen LogP contribution is 2.44. The largest absolute Gasteiger partial charge is 0.453 e. The molecule has 21 heavy (non-hydrogen) atoms. The van der Waals surface area contributed by atoms with Crippen LogP contribution in [0.5, 0.6) is 11.5 Å². The van der Waals surface area contributed by atoms with Gasteiger partial charge >= 0.3 is 0 Å². The molecule has 3 aromatic rings. The average molecular weight is 273 g/mol. The molecule has 4 rings (SSSR count). The normalized spacial score (nSPS) is 11.9. The first kappa shape index (κ1) is 12.0. The Morgan fingerprint density at radius 1 is 0.762 bits per heavy atom. The molecule has 0 radical (unpaired) electrons. The minimum Gasteiger partial charge on any atom is -0.453 e. The third-order valence-corrected chi connectivity index (χ3v) is 3.80. The molecule has 0 saturated heterocycles. The average Bonchev–Trinajstić information content (AvgIpc) is 2.54. The van der Waals surface area contributed by atoms with Crippen LogP contribution in [-0.2, 0) is 0 Å². The lowest BCUT2D eigenvalue weighted by atomic mass is 10.0. The molecule has 0 aromatic heterocycles. The summed E-state index contributed by atoms with van der Waals surface area (Å²) in [6.07, 6.45) is 0. The Morgan fingerprint density at radius 3 is 2.48 bits per heavy atom. The second kappa shape index (κ2) is 4.67. The molecule has 2 heteroatoms. The van der Waals surface area contributed by atoms with E-state index in [2.05, 4.69) is 48.6 Å². The summed E-state index contributed by atoms with van der Waals surface area (Å²) >= 11 is 0. The van der Waals surface area contributed by atoms with E-state index in [1.165, 1.54) is 11.1 Å². The van der Waals surface area contributed by atoms with Gasteiger partial charge in [0, 0.05) is 0 Å². The minimum absolute atomic E-state index is 0.870. The van der Waals surface area contributed by atoms with Gasteiger partial charge in [0.05, 0.1) is 11.4 Å². The summed E-state index contributed by atoms with van der Waals surface area (Å²) in [4.78, 5) is 0. The zero-order valence-corrected chi connectivity index (χ0v) is 11.8. The van der Waals surface area contributed by atoms with Crippen LogP contribution in [0.2, 0.25) is 0 Å². The van der Waals surface area contributed by atoms with Crippen LogP contribution >= 0.6 is 0 Å². The summed E-state index contributed by atoms with van der Waals surface area (Å²) < 4.78 is 6.06. The number of fused-ring (bicyclic) bond motifs is 2. The van der Waals surface area contributed by atoms with Crippen LogP contribution in [0.25, 0.3) is 11.1 Å². The van der Waals surface area contributed by atoms with Gasteiger partial charge < -0.3 is 10.1 Å². The molecule has 0 spiro atoms. The maximum atomic E-state index is 6.06. The van der Waals surface area contributed by atoms with Crippen LogP contribution in [0.4, 0.5) is 11.4 Å². The number of rotatable bonds is 1. The predicted molar refractivity (Wildman–Crippen MR) is 86.4 cm³/mol. The summed E-state index contributed by atoms with van der Waals surface area (Å²) in [5.74, 6) is 1.75. The second-order valence-electron chi connectivity index (χ2n) is 5.25. The molecule has 0 bridgehead atoms. The molecule has 0 unspecified atom stereocenters. The molecule has 0 amide bonds. The van der Waals surface area contributed by atoms with Crippen molar-refractivity contribution in [3.63, 3.8) is 0 Å². The van der Waals surface area contributed by atoms with Gasteiger partial charge in [-0.3, -0.25) is 0 Å². The van der Waals surface area contributed by atoms with Crippen molar-refractivity contribution in [2.24, 2.45) is 0 Å². The van der Waals surface area contributed by atoms with Gasteiger partial charge in [0.15, 0.2) is 11.5 Å². The van der Waals surface area contributed by atoms with Crippen LogP contribution < -0.4 is 10.1 Å². The third-order valence-electron chi connectivity index (χ3n) is 3.80. The molecule has 0 aliphatic carbocycles. The Balaban J connectivity index is 1.77. The Hall–Kier alpha value is -2.74. The highest BCUT2D eigenvalue weighted by molar-refractivity contribution is 5.80. The monoisotopic (exact) mass is 273 g/mol. The molecule has 1 aliphatic rings. The Labute approximate surface area is 124 Å². The van der Waals surface area contributed by atoms with Crippen molar-refractivity contribution < 1.29 is 4.74 Å². The van der Waals surface area contributed by atoms with E-state index < -0.39 is 0 Å². The van der Waals surface area contributed by atoms with E-state index in [0.29, 0.717) is 0 Å². The molecule has 3 aromatic carbocycles. The molecule has 0 atom stereocenters. The van der Waals surface area contributed by atoms with Crippen molar-refractivity contribution in [3.05, 3.63) is 72.3 Å². The van der Waals surface area contributed by atoms with Crippen molar-refractivity contribution in [2.75, 3.05) is 5.32 Å². The van der Waals surface area contributed by atoms with Crippen LogP contribution in [0.3, 0.4) is 0 Å². The molecule has 102 valence electrons. The molecule has 1 aliphatic heterocycles. The van der Waals surface area contributed by atoms with E-state index in [4.69, 9.17) is 4.74 Å². The highest BCUT2D eigenvalue weighted by Gasteiger charge is 2.18. The topological polar surface area (TPSA) is 21.3 Å². The van der Waals surface area contributed by atoms with Gasteiger partial charge in [-0.15, -0.1) is 0 Å². The first-order valence-electron chi connectivity index (χ1n) is 7.05. The van der Waals surface area contributed by atoms with Crippen molar-refractivity contribution in [1.29, 1.82) is 0 Å². The number of hydrogen-bond donors (Lipinski definition) is 1. The Kier molecular flexibility index (Phi) is 2.68. The standard InChI is InChI=1S/C19H15NO/c1-13-6-5-9-17-19(13)20-16-11-10-15(12-18(16)21-17)14-7-3-2-4-8-14/h2-12,20H,1H3. The van der Waals surface area contributed by atoms with E-state index in [1.54, 1.807) is 0 Å². The van der Waals surface area contributed by atoms with Crippen LogP contribution in [0.1, 0.15) is 5.56 Å². The van der Waals surface area contributed by atoms with Crippen LogP contribution in [0, 0.1) is 6.92 Å². The van der Waals surface area contributed by atoms with E-state index in [-0.39, 0.29) is 0 Å². The molecule has 0 saturated carbocycles. The summed E-state index contributed by atoms with van der Waals surface area (Å²) in [5.41, 5.74) is 5.60. The number of para-hydroxylation sites is 1. The highest BCUT2D eigenvalue weighted by atomic mass is 16.5. The van der Waals surface area contributed by atoms with Crippen molar-refractivity contribution in [3.8, 4) is 22.6 Å². The molecular formula is C19H15NO. The first-order chi connectivity index (χ1) is 10.3. The Bertz CT molecular complexity index is 809. The maximum Gasteiger partial charge on any atom is 0.151 e. The van der Waals surface area contributed by atoms with Gasteiger partial charge in [-0.05, 0) is 41.8 Å². The predicted octanol–water partition coefficient (Wildman–Crippen LogP) is 5.51. The van der Waals surface area contributed by atoms with Crippen molar-refractivity contribution in [2.45, 2.75) is 6.92 Å². The van der Waals surface area contributed by atoms with Crippen molar-refractivity contribution >= 4 is 11.4 Å². The lowest BCUT2D eigenvalue weighted by Gasteiger charge is -2.23. The van der Waals surface area contributed by atoms with E-state index in [9.17, 15) is 0 Å². The van der Waals surface area contributed by atoms with Gasteiger partial charge in [0.1, 0.15) is 0 Å². The van der Waals surface area contributed by atoms with Gasteiger partial charge in [-0.2, -0.15) is 0 Å². The Morgan fingerprint density at radius 2 is 1.62 bits per heavy atom. The number of benzene rings is 3. The zero-order valence-electron chi connectivity index (χ0n) is 11.8. The molecular weight excluding hydrogens is 258 g/mol. The fraction of sp³-hybridized carbons (Fsp3) is 0.0526. The van der Waals surface area contributed by atoms with Crippen molar-refractivity contribution in [1.82, 2.24) is 0 Å². The van der Waals surface area contributed by atoms with Crippen LogP contribution in [0.15, 0.2) is 66.7 Å².